The molecule has 1 aliphatic rings. The molecule has 3 aromatic heterocycles. The fraction of sp³-hybridized carbons (Fsp3) is 0.321. The lowest BCUT2D eigenvalue weighted by atomic mass is 9.86. The summed E-state index contributed by atoms with van der Waals surface area (Å²) < 4.78 is 65.5. The van der Waals surface area contributed by atoms with Crippen LogP contribution in [0.5, 0.6) is 0 Å². The quantitative estimate of drug-likeness (QED) is 0.249. The van der Waals surface area contributed by atoms with Crippen molar-refractivity contribution >= 4 is 31.8 Å². The van der Waals surface area contributed by atoms with Crippen LogP contribution < -0.4 is 17.2 Å². The monoisotopic (exact) mass is 596 g/mol. The molecule has 1 saturated heterocycles. The minimum absolute atomic E-state index is 0.106. The summed E-state index contributed by atoms with van der Waals surface area (Å²) in [7, 11) is -2.16. The Bertz CT molecular complexity index is 1940. The Labute approximate surface area is 240 Å². The van der Waals surface area contributed by atoms with Crippen LogP contribution in [-0.2, 0) is 27.4 Å². The number of ether oxygens (including phenoxy) is 1. The molecule has 42 heavy (non-hydrogen) atoms. The average Bonchev–Trinajstić information content (AvgIpc) is 3.48. The maximum atomic E-state index is 15.9. The molecule has 2 aromatic carbocycles. The second-order valence-corrected chi connectivity index (χ2v) is 12.8. The maximum Gasteiger partial charge on any atom is 0.175 e. The van der Waals surface area contributed by atoms with Gasteiger partial charge in [0.2, 0.25) is 0 Å². The van der Waals surface area contributed by atoms with E-state index in [-0.39, 0.29) is 32.9 Å². The van der Waals surface area contributed by atoms with Crippen LogP contribution >= 0.6 is 0 Å². The molecule has 5 aromatic rings. The number of rotatable bonds is 6. The Morgan fingerprint density at radius 2 is 1.76 bits per heavy atom. The van der Waals surface area contributed by atoms with E-state index in [1.807, 2.05) is 0 Å². The van der Waals surface area contributed by atoms with E-state index < -0.39 is 33.3 Å². The molecular weight excluding hydrogens is 566 g/mol. The first kappa shape index (κ1) is 28.3. The minimum atomic E-state index is -3.79. The third-order valence-electron chi connectivity index (χ3n) is 7.82. The SMILES string of the molecule is Cn1nnc(C(N)(N)N)c1-c1cnc2c3c(F)cc(S(C)(=O)=O)cc3n(C(c3ccccc3F)C3CCOCC3)c2c1. The summed E-state index contributed by atoms with van der Waals surface area (Å²) in [5.74, 6) is -3.14. The number of hydrogen-bond acceptors (Lipinski definition) is 9. The number of aryl methyl sites for hydroxylation is 1. The van der Waals surface area contributed by atoms with Gasteiger partial charge in [-0.3, -0.25) is 22.2 Å². The van der Waals surface area contributed by atoms with E-state index in [0.717, 1.165) is 12.3 Å². The Morgan fingerprint density at radius 1 is 1.05 bits per heavy atom. The molecule has 220 valence electrons. The van der Waals surface area contributed by atoms with Crippen molar-refractivity contribution in [3.8, 4) is 11.3 Å². The molecule has 1 aliphatic heterocycles. The van der Waals surface area contributed by atoms with Gasteiger partial charge >= 0.3 is 0 Å². The van der Waals surface area contributed by atoms with Gasteiger partial charge in [0, 0.05) is 43.8 Å². The average molecular weight is 597 g/mol. The second kappa shape index (κ2) is 10.2. The standard InChI is InChI=1S/C28H30F2N8O3S/c1-37-26(27(35-36-37)28(31,32)33)16-11-22-24(34-14-16)23-20(30)12-17(42(2,39)40)13-21(23)38(22)25(15-7-9-41-10-8-15)18-5-3-4-6-19(18)29/h3-6,11-15,25H,7-10,31-33H2,1-2H3. The van der Waals surface area contributed by atoms with Crippen molar-refractivity contribution in [1.82, 2.24) is 24.5 Å². The first-order valence-electron chi connectivity index (χ1n) is 13.3. The summed E-state index contributed by atoms with van der Waals surface area (Å²) in [4.78, 5) is 4.43. The molecule has 1 unspecified atom stereocenters. The van der Waals surface area contributed by atoms with Gasteiger partial charge in [-0.15, -0.1) is 5.10 Å². The number of nitrogens with two attached hydrogens (primary N) is 3. The highest BCUT2D eigenvalue weighted by Crippen LogP contribution is 2.43. The summed E-state index contributed by atoms with van der Waals surface area (Å²) >= 11 is 0. The lowest BCUT2D eigenvalue weighted by molar-refractivity contribution is 0.0548. The van der Waals surface area contributed by atoms with E-state index in [0.29, 0.717) is 48.4 Å². The highest BCUT2D eigenvalue weighted by molar-refractivity contribution is 7.90. The van der Waals surface area contributed by atoms with Gasteiger partial charge in [0.05, 0.1) is 38.6 Å². The fourth-order valence-corrected chi connectivity index (χ4v) is 6.56. The van der Waals surface area contributed by atoms with Crippen molar-refractivity contribution in [2.24, 2.45) is 30.2 Å². The largest absolute Gasteiger partial charge is 0.381 e. The van der Waals surface area contributed by atoms with Gasteiger partial charge in [0.25, 0.3) is 0 Å². The Balaban J connectivity index is 1.75. The number of nitrogens with zero attached hydrogens (tertiary/aromatic N) is 5. The molecule has 1 fully saturated rings. The van der Waals surface area contributed by atoms with Gasteiger partial charge in [-0.25, -0.2) is 21.9 Å². The molecule has 0 spiro atoms. The van der Waals surface area contributed by atoms with E-state index in [1.54, 1.807) is 35.9 Å². The molecule has 11 nitrogen and oxygen atoms in total. The molecule has 6 rings (SSSR count). The number of aromatic nitrogens is 5. The van der Waals surface area contributed by atoms with E-state index in [4.69, 9.17) is 21.9 Å². The van der Waals surface area contributed by atoms with E-state index in [9.17, 15) is 8.42 Å². The second-order valence-electron chi connectivity index (χ2n) is 10.8. The molecule has 0 amide bonds. The molecule has 0 aliphatic carbocycles. The zero-order chi connectivity index (χ0) is 30.0. The maximum absolute atomic E-state index is 15.9. The van der Waals surface area contributed by atoms with Crippen molar-refractivity contribution in [3.05, 3.63) is 71.6 Å². The molecule has 4 heterocycles. The van der Waals surface area contributed by atoms with Crippen LogP contribution in [0.4, 0.5) is 8.78 Å². The summed E-state index contributed by atoms with van der Waals surface area (Å²) in [5.41, 5.74) is 20.3. The van der Waals surface area contributed by atoms with Crippen LogP contribution in [-0.4, -0.2) is 52.4 Å². The lowest BCUT2D eigenvalue weighted by Gasteiger charge is -2.33. The fourth-order valence-electron chi connectivity index (χ4n) is 5.92. The molecule has 0 bridgehead atoms. The smallest absolute Gasteiger partial charge is 0.175 e. The topological polar surface area (TPSA) is 170 Å². The van der Waals surface area contributed by atoms with Crippen molar-refractivity contribution in [3.63, 3.8) is 0 Å². The van der Waals surface area contributed by atoms with Crippen LogP contribution in [0.3, 0.4) is 0 Å². The number of fused-ring (bicyclic) bond motifs is 3. The van der Waals surface area contributed by atoms with Gasteiger partial charge < -0.3 is 9.30 Å². The normalized spacial score (nSPS) is 16.0. The van der Waals surface area contributed by atoms with Crippen LogP contribution in [0, 0.1) is 17.6 Å². The first-order valence-corrected chi connectivity index (χ1v) is 15.2. The lowest BCUT2D eigenvalue weighted by Crippen LogP contribution is -2.55. The highest BCUT2D eigenvalue weighted by atomic mass is 32.2. The number of halogens is 2. The summed E-state index contributed by atoms with van der Waals surface area (Å²) in [6.07, 6.45) is 3.72. The molecule has 14 heteroatoms. The molecule has 0 saturated carbocycles. The summed E-state index contributed by atoms with van der Waals surface area (Å²) in [6.45, 7) is 0.934. The van der Waals surface area contributed by atoms with Gasteiger partial charge in [-0.2, -0.15) is 0 Å². The first-order chi connectivity index (χ1) is 19.9. The van der Waals surface area contributed by atoms with E-state index in [1.165, 1.54) is 23.0 Å². The van der Waals surface area contributed by atoms with Crippen LogP contribution in [0.2, 0.25) is 0 Å². The number of benzene rings is 2. The van der Waals surface area contributed by atoms with Crippen LogP contribution in [0.15, 0.2) is 53.6 Å². The van der Waals surface area contributed by atoms with Crippen molar-refractivity contribution in [2.45, 2.75) is 29.6 Å². The Kier molecular flexibility index (Phi) is 6.85. The molecule has 0 radical (unpaired) electrons. The zero-order valence-corrected chi connectivity index (χ0v) is 23.8. The van der Waals surface area contributed by atoms with Crippen molar-refractivity contribution in [1.29, 1.82) is 0 Å². The Hall–Kier alpha value is -3.82. The molecular formula is C28H30F2N8O3S. The molecule has 1 atom stereocenters. The van der Waals surface area contributed by atoms with E-state index >= 15 is 8.78 Å². The number of sulfone groups is 1. The predicted octanol–water partition coefficient (Wildman–Crippen LogP) is 2.67. The Morgan fingerprint density at radius 3 is 2.43 bits per heavy atom. The number of hydrogen-bond donors (Lipinski definition) is 3. The third kappa shape index (κ3) is 4.74. The summed E-state index contributed by atoms with van der Waals surface area (Å²) in [5, 5.41) is 8.19. The van der Waals surface area contributed by atoms with Crippen molar-refractivity contribution < 1.29 is 21.9 Å². The number of pyridine rings is 1. The van der Waals surface area contributed by atoms with Gasteiger partial charge in [0.1, 0.15) is 17.3 Å². The van der Waals surface area contributed by atoms with Gasteiger partial charge in [-0.05, 0) is 43.0 Å². The predicted molar refractivity (Wildman–Crippen MR) is 153 cm³/mol. The van der Waals surface area contributed by atoms with Crippen LogP contribution in [0.25, 0.3) is 33.2 Å². The minimum Gasteiger partial charge on any atom is -0.381 e. The van der Waals surface area contributed by atoms with Crippen LogP contribution in [0.1, 0.15) is 30.1 Å². The van der Waals surface area contributed by atoms with E-state index in [2.05, 4.69) is 15.3 Å². The van der Waals surface area contributed by atoms with Crippen molar-refractivity contribution in [2.75, 3.05) is 19.5 Å². The highest BCUT2D eigenvalue weighted by Gasteiger charge is 2.34. The third-order valence-corrected chi connectivity index (χ3v) is 8.91. The summed E-state index contributed by atoms with van der Waals surface area (Å²) in [6, 6.07) is 9.90. The van der Waals surface area contributed by atoms with Gasteiger partial charge in [0.15, 0.2) is 15.6 Å². The zero-order valence-electron chi connectivity index (χ0n) is 23.0. The molecule has 6 N–H and O–H groups in total. The van der Waals surface area contributed by atoms with Gasteiger partial charge in [-0.1, -0.05) is 23.4 Å².